The third-order valence-electron chi connectivity index (χ3n) is 3.79. The molecule has 1 aromatic rings. The summed E-state index contributed by atoms with van der Waals surface area (Å²) in [5, 5.41) is 0. The predicted octanol–water partition coefficient (Wildman–Crippen LogP) is 3.09. The predicted molar refractivity (Wildman–Crippen MR) is 64.4 cm³/mol. The minimum absolute atomic E-state index is 0.222. The smallest absolute Gasteiger partial charge is 0.124 e. The summed E-state index contributed by atoms with van der Waals surface area (Å²) in [6.45, 7) is 0. The van der Waals surface area contributed by atoms with Crippen LogP contribution in [0.4, 0.5) is 4.39 Å². The molecular weight excluding hydrogens is 217 g/mol. The van der Waals surface area contributed by atoms with Gasteiger partial charge in [0.1, 0.15) is 11.6 Å². The SMILES string of the molecule is NC1(c2cc(F)ccc2OC2CC2)CCCC1. The molecule has 17 heavy (non-hydrogen) atoms. The van der Waals surface area contributed by atoms with E-state index >= 15 is 0 Å². The number of hydrogen-bond acceptors (Lipinski definition) is 2. The van der Waals surface area contributed by atoms with Crippen molar-refractivity contribution < 1.29 is 9.13 Å². The molecule has 2 fully saturated rings. The van der Waals surface area contributed by atoms with E-state index in [0.29, 0.717) is 6.10 Å². The Morgan fingerprint density at radius 3 is 2.59 bits per heavy atom. The van der Waals surface area contributed by atoms with Crippen LogP contribution in [0.3, 0.4) is 0 Å². The van der Waals surface area contributed by atoms with Gasteiger partial charge in [-0.25, -0.2) is 4.39 Å². The highest BCUT2D eigenvalue weighted by molar-refractivity contribution is 5.40. The summed E-state index contributed by atoms with van der Waals surface area (Å²) < 4.78 is 19.3. The molecule has 0 amide bonds. The van der Waals surface area contributed by atoms with Gasteiger partial charge in [0.15, 0.2) is 0 Å². The molecular formula is C14H18FNO. The summed E-state index contributed by atoms with van der Waals surface area (Å²) in [4.78, 5) is 0. The molecule has 2 nitrogen and oxygen atoms in total. The van der Waals surface area contributed by atoms with E-state index in [9.17, 15) is 4.39 Å². The van der Waals surface area contributed by atoms with Gasteiger partial charge in [-0.05, 0) is 43.9 Å². The maximum absolute atomic E-state index is 13.4. The van der Waals surface area contributed by atoms with E-state index in [1.165, 1.54) is 6.07 Å². The summed E-state index contributed by atoms with van der Waals surface area (Å²) in [6.07, 6.45) is 6.63. The molecule has 2 N–H and O–H groups in total. The van der Waals surface area contributed by atoms with Crippen LogP contribution >= 0.6 is 0 Å². The van der Waals surface area contributed by atoms with E-state index < -0.39 is 0 Å². The lowest BCUT2D eigenvalue weighted by atomic mass is 9.88. The van der Waals surface area contributed by atoms with E-state index in [-0.39, 0.29) is 11.4 Å². The Bertz CT molecular complexity index is 422. The van der Waals surface area contributed by atoms with Crippen LogP contribution in [0.15, 0.2) is 18.2 Å². The van der Waals surface area contributed by atoms with Gasteiger partial charge in [-0.2, -0.15) is 0 Å². The van der Waals surface area contributed by atoms with Crippen molar-refractivity contribution in [2.75, 3.05) is 0 Å². The average Bonchev–Trinajstić information content (AvgIpc) is 3.01. The third kappa shape index (κ3) is 2.16. The molecule has 0 aromatic heterocycles. The number of halogens is 1. The second-order valence-corrected chi connectivity index (χ2v) is 5.32. The highest BCUT2D eigenvalue weighted by Crippen LogP contribution is 2.42. The normalized spacial score (nSPS) is 22.7. The highest BCUT2D eigenvalue weighted by Gasteiger charge is 2.35. The Kier molecular flexibility index (Phi) is 2.58. The molecule has 3 heteroatoms. The standard InChI is InChI=1S/C14H18FNO/c15-10-3-6-13(17-11-4-5-11)12(9-10)14(16)7-1-2-8-14/h3,6,9,11H,1-2,4-5,7-8,16H2. The van der Waals surface area contributed by atoms with Crippen molar-refractivity contribution in [2.24, 2.45) is 5.73 Å². The second kappa shape index (κ2) is 3.98. The molecule has 1 aromatic carbocycles. The number of ether oxygens (including phenoxy) is 1. The average molecular weight is 235 g/mol. The van der Waals surface area contributed by atoms with E-state index in [1.807, 2.05) is 0 Å². The fourth-order valence-corrected chi connectivity index (χ4v) is 2.63. The molecule has 3 rings (SSSR count). The van der Waals surface area contributed by atoms with Crippen molar-refractivity contribution in [2.45, 2.75) is 50.2 Å². The Hall–Kier alpha value is -1.09. The second-order valence-electron chi connectivity index (χ2n) is 5.32. The Labute approximate surface area is 101 Å². The van der Waals surface area contributed by atoms with Gasteiger partial charge in [-0.3, -0.25) is 0 Å². The first-order chi connectivity index (χ1) is 8.17. The lowest BCUT2D eigenvalue weighted by molar-refractivity contribution is 0.289. The first-order valence-electron chi connectivity index (χ1n) is 6.43. The van der Waals surface area contributed by atoms with Crippen LogP contribution in [0.1, 0.15) is 44.1 Å². The maximum Gasteiger partial charge on any atom is 0.124 e. The minimum Gasteiger partial charge on any atom is -0.490 e. The Balaban J connectivity index is 1.96. The lowest BCUT2D eigenvalue weighted by Crippen LogP contribution is -2.33. The molecule has 2 aliphatic rings. The Morgan fingerprint density at radius 2 is 1.94 bits per heavy atom. The van der Waals surface area contributed by atoms with Crippen LogP contribution in [-0.2, 0) is 5.54 Å². The van der Waals surface area contributed by atoms with Crippen LogP contribution in [-0.4, -0.2) is 6.10 Å². The van der Waals surface area contributed by atoms with Gasteiger partial charge in [-0.15, -0.1) is 0 Å². The molecule has 0 atom stereocenters. The molecule has 92 valence electrons. The molecule has 0 aliphatic heterocycles. The van der Waals surface area contributed by atoms with Crippen LogP contribution in [0.5, 0.6) is 5.75 Å². The van der Waals surface area contributed by atoms with E-state index in [1.54, 1.807) is 12.1 Å². The quantitative estimate of drug-likeness (QED) is 0.873. The largest absolute Gasteiger partial charge is 0.490 e. The molecule has 0 saturated heterocycles. The summed E-state index contributed by atoms with van der Waals surface area (Å²) in [7, 11) is 0. The van der Waals surface area contributed by atoms with E-state index in [0.717, 1.165) is 49.8 Å². The van der Waals surface area contributed by atoms with Gasteiger partial charge >= 0.3 is 0 Å². The fourth-order valence-electron chi connectivity index (χ4n) is 2.63. The number of benzene rings is 1. The van der Waals surface area contributed by atoms with Crippen molar-refractivity contribution in [3.8, 4) is 5.75 Å². The lowest BCUT2D eigenvalue weighted by Gasteiger charge is -2.26. The summed E-state index contributed by atoms with van der Waals surface area (Å²) in [6, 6.07) is 4.75. The summed E-state index contributed by atoms with van der Waals surface area (Å²) in [5.41, 5.74) is 6.88. The van der Waals surface area contributed by atoms with E-state index in [4.69, 9.17) is 10.5 Å². The number of rotatable bonds is 3. The van der Waals surface area contributed by atoms with Crippen molar-refractivity contribution in [3.05, 3.63) is 29.6 Å². The number of nitrogens with two attached hydrogens (primary N) is 1. The zero-order chi connectivity index (χ0) is 11.9. The Morgan fingerprint density at radius 1 is 1.24 bits per heavy atom. The molecule has 2 aliphatic carbocycles. The minimum atomic E-state index is -0.383. The maximum atomic E-state index is 13.4. The molecule has 0 heterocycles. The van der Waals surface area contributed by atoms with Gasteiger partial charge in [0.2, 0.25) is 0 Å². The van der Waals surface area contributed by atoms with Crippen LogP contribution in [0.2, 0.25) is 0 Å². The zero-order valence-corrected chi connectivity index (χ0v) is 9.92. The van der Waals surface area contributed by atoms with Crippen LogP contribution < -0.4 is 10.5 Å². The zero-order valence-electron chi connectivity index (χ0n) is 9.92. The van der Waals surface area contributed by atoms with Gasteiger partial charge in [-0.1, -0.05) is 12.8 Å². The van der Waals surface area contributed by atoms with Crippen molar-refractivity contribution in [1.29, 1.82) is 0 Å². The molecule has 0 radical (unpaired) electrons. The molecule has 0 bridgehead atoms. The van der Waals surface area contributed by atoms with Crippen molar-refractivity contribution in [3.63, 3.8) is 0 Å². The first kappa shape index (κ1) is 11.0. The monoisotopic (exact) mass is 235 g/mol. The van der Waals surface area contributed by atoms with Gasteiger partial charge in [0.25, 0.3) is 0 Å². The van der Waals surface area contributed by atoms with Crippen molar-refractivity contribution >= 4 is 0 Å². The van der Waals surface area contributed by atoms with Gasteiger partial charge in [0.05, 0.1) is 6.10 Å². The number of hydrogen-bond donors (Lipinski definition) is 1. The highest BCUT2D eigenvalue weighted by atomic mass is 19.1. The van der Waals surface area contributed by atoms with Gasteiger partial charge in [0, 0.05) is 11.1 Å². The molecule has 0 spiro atoms. The molecule has 2 saturated carbocycles. The fraction of sp³-hybridized carbons (Fsp3) is 0.571. The van der Waals surface area contributed by atoms with Crippen molar-refractivity contribution in [1.82, 2.24) is 0 Å². The topological polar surface area (TPSA) is 35.2 Å². The van der Waals surface area contributed by atoms with Crippen LogP contribution in [0.25, 0.3) is 0 Å². The summed E-state index contributed by atoms with van der Waals surface area (Å²) in [5.74, 6) is 0.568. The first-order valence-corrected chi connectivity index (χ1v) is 6.43. The molecule has 0 unspecified atom stereocenters. The van der Waals surface area contributed by atoms with E-state index in [2.05, 4.69) is 0 Å². The third-order valence-corrected chi connectivity index (χ3v) is 3.79. The summed E-state index contributed by atoms with van der Waals surface area (Å²) >= 11 is 0. The van der Waals surface area contributed by atoms with Gasteiger partial charge < -0.3 is 10.5 Å². The van der Waals surface area contributed by atoms with Crippen LogP contribution in [0, 0.1) is 5.82 Å².